The number of nitrogens with one attached hydrogen (secondary N) is 3. The lowest BCUT2D eigenvalue weighted by Crippen LogP contribution is -2.47. The second-order valence-electron chi connectivity index (χ2n) is 12.7. The summed E-state index contributed by atoms with van der Waals surface area (Å²) < 4.78 is 0. The number of carbonyl (C=O) groups excluding carboxylic acids is 9. The van der Waals surface area contributed by atoms with Gasteiger partial charge in [0.25, 0.3) is 0 Å². The van der Waals surface area contributed by atoms with Crippen molar-refractivity contribution >= 4 is 76.6 Å². The molecule has 8 amide bonds. The molecule has 0 aromatic carbocycles. The number of hydrogen-bond acceptors (Lipinski definition) is 10. The number of ketones is 1. The van der Waals surface area contributed by atoms with Crippen LogP contribution in [0.5, 0.6) is 0 Å². The summed E-state index contributed by atoms with van der Waals surface area (Å²) in [6, 6.07) is 0. The van der Waals surface area contributed by atoms with Gasteiger partial charge >= 0.3 is 0 Å². The number of hydrogen-bond donors (Lipinski definition) is 4. The van der Waals surface area contributed by atoms with Gasteiger partial charge in [0, 0.05) is 39.3 Å². The normalized spacial score (nSPS) is 20.0. The third-order valence-electron chi connectivity index (χ3n) is 9.17. The Morgan fingerprint density at radius 2 is 1.16 bits per heavy atom. The van der Waals surface area contributed by atoms with Crippen LogP contribution in [0, 0.1) is 23.7 Å². The third-order valence-corrected chi connectivity index (χ3v) is 9.17. The van der Waals surface area contributed by atoms with Crippen LogP contribution in [0.15, 0.2) is 12.2 Å². The molecular formula is C30H47B3N8O9. The number of amides is 8. The molecule has 0 radical (unpaired) electrons. The van der Waals surface area contributed by atoms with Gasteiger partial charge in [-0.3, -0.25) is 48.1 Å². The maximum Gasteiger partial charge on any atom is 0.240 e. The molecule has 1 heterocycles. The number of rotatable bonds is 22. The van der Waals surface area contributed by atoms with Crippen molar-refractivity contribution in [3.8, 4) is 0 Å². The molecule has 2 fully saturated rings. The molecule has 20 heteroatoms. The van der Waals surface area contributed by atoms with Gasteiger partial charge in [0.2, 0.25) is 47.3 Å². The van der Waals surface area contributed by atoms with Crippen LogP contribution in [-0.4, -0.2) is 168 Å². The number of primary amides is 1. The third kappa shape index (κ3) is 10.8. The Kier molecular flexibility index (Phi) is 15.2. The van der Waals surface area contributed by atoms with E-state index in [1.165, 1.54) is 14.7 Å². The zero-order valence-electron chi connectivity index (χ0n) is 29.1. The van der Waals surface area contributed by atoms with E-state index in [9.17, 15) is 43.2 Å². The first-order valence-electron chi connectivity index (χ1n) is 17.2. The van der Waals surface area contributed by atoms with E-state index in [1.807, 2.05) is 12.2 Å². The second-order valence-corrected chi connectivity index (χ2v) is 12.7. The van der Waals surface area contributed by atoms with Crippen LogP contribution in [0.3, 0.4) is 0 Å². The van der Waals surface area contributed by atoms with Crippen molar-refractivity contribution in [2.24, 2.45) is 29.4 Å². The average Bonchev–Trinajstić information content (AvgIpc) is 3.77. The molecule has 5 N–H and O–H groups in total. The summed E-state index contributed by atoms with van der Waals surface area (Å²) >= 11 is 0. The molecule has 50 heavy (non-hydrogen) atoms. The van der Waals surface area contributed by atoms with Gasteiger partial charge < -0.3 is 36.4 Å². The van der Waals surface area contributed by atoms with Gasteiger partial charge in [-0.25, -0.2) is 0 Å². The highest BCUT2D eigenvalue weighted by molar-refractivity contribution is 6.20. The Hall–Kier alpha value is -4.48. The van der Waals surface area contributed by atoms with E-state index in [-0.39, 0.29) is 150 Å². The molecule has 1 saturated carbocycles. The first-order chi connectivity index (χ1) is 23.8. The number of allylic oxidation sites excluding steroid dienone is 2. The standard InChI is InChI=1S/C30H47B3N8O9/c31-10-24(46)38(7-4-37-23(45)17-41-29(49)27-18-1-2-19(9-18)28(27)30(41)50)14-20(42)13-35-3-6-40(26(48)12-33)16-22(44)36-5-8-39(15-21(34)43)25(47)11-32/h1-2,18-19,27-28,35H,3-17,31-33H2,(H2,34,43)(H,36,44)(H,37,45). The van der Waals surface area contributed by atoms with Gasteiger partial charge in [-0.15, -0.1) is 0 Å². The average molecular weight is 696 g/mol. The van der Waals surface area contributed by atoms with Crippen molar-refractivity contribution < 1.29 is 43.2 Å². The maximum absolute atomic E-state index is 12.8. The predicted octanol–water partition coefficient (Wildman–Crippen LogP) is -6.69. The molecule has 0 aromatic rings. The largest absolute Gasteiger partial charge is 0.368 e. The quantitative estimate of drug-likeness (QED) is 0.0362. The number of carbonyl (C=O) groups is 9. The van der Waals surface area contributed by atoms with E-state index in [0.29, 0.717) is 0 Å². The van der Waals surface area contributed by atoms with Gasteiger partial charge in [-0.1, -0.05) is 12.2 Å². The molecular weight excluding hydrogens is 649 g/mol. The second kappa shape index (κ2) is 19.1. The van der Waals surface area contributed by atoms with Crippen molar-refractivity contribution in [1.29, 1.82) is 0 Å². The van der Waals surface area contributed by atoms with E-state index >= 15 is 0 Å². The first-order valence-corrected chi connectivity index (χ1v) is 17.2. The fraction of sp³-hybridized carbons (Fsp3) is 0.633. The summed E-state index contributed by atoms with van der Waals surface area (Å²) in [4.78, 5) is 117. The molecule has 0 aromatic heterocycles. The molecule has 3 aliphatic rings. The first kappa shape index (κ1) is 40.0. The minimum absolute atomic E-state index is 0.0232. The van der Waals surface area contributed by atoms with E-state index in [4.69, 9.17) is 5.73 Å². The van der Waals surface area contributed by atoms with E-state index in [1.54, 1.807) is 23.5 Å². The van der Waals surface area contributed by atoms with Crippen molar-refractivity contribution in [1.82, 2.24) is 35.6 Å². The van der Waals surface area contributed by atoms with Crippen LogP contribution in [-0.2, 0) is 43.2 Å². The van der Waals surface area contributed by atoms with Crippen LogP contribution in [0.1, 0.15) is 6.42 Å². The fourth-order valence-electron chi connectivity index (χ4n) is 6.65. The van der Waals surface area contributed by atoms with Crippen LogP contribution >= 0.6 is 0 Å². The summed E-state index contributed by atoms with van der Waals surface area (Å²) in [5.41, 5.74) is 5.19. The summed E-state index contributed by atoms with van der Waals surface area (Å²) in [6.07, 6.45) is 5.22. The SMILES string of the molecule is BCC(=O)N(CCNC(=O)CN(CCNCC(=O)CN(CCNC(=O)CN1C(=O)C2C3C=CC(C3)C2C1=O)C(=O)CB)C(=O)CB)CC(N)=O. The molecule has 1 aliphatic heterocycles. The van der Waals surface area contributed by atoms with Crippen LogP contribution in [0.25, 0.3) is 0 Å². The lowest BCUT2D eigenvalue weighted by Gasteiger charge is -2.24. The number of nitrogens with two attached hydrogens (primary N) is 1. The van der Waals surface area contributed by atoms with Gasteiger partial charge in [0.15, 0.2) is 5.78 Å². The fourth-order valence-corrected chi connectivity index (χ4v) is 6.65. The topological polar surface area (TPSA) is 229 Å². The number of Topliss-reactive ketones (excluding diaryl/α,β-unsaturated/α-hetero) is 1. The summed E-state index contributed by atoms with van der Waals surface area (Å²) in [7, 11) is 4.95. The number of imide groups is 1. The Balaban J connectivity index is 1.37. The monoisotopic (exact) mass is 696 g/mol. The highest BCUT2D eigenvalue weighted by Gasteiger charge is 2.59. The van der Waals surface area contributed by atoms with E-state index < -0.39 is 17.7 Å². The predicted molar refractivity (Wildman–Crippen MR) is 187 cm³/mol. The zero-order valence-corrected chi connectivity index (χ0v) is 29.1. The number of fused-ring (bicyclic) bond motifs is 5. The van der Waals surface area contributed by atoms with Gasteiger partial charge in [-0.2, -0.15) is 0 Å². The number of likely N-dealkylation sites (tertiary alicyclic amines) is 1. The molecule has 17 nitrogen and oxygen atoms in total. The summed E-state index contributed by atoms with van der Waals surface area (Å²) in [6.45, 7) is -0.698. The highest BCUT2D eigenvalue weighted by atomic mass is 16.2. The van der Waals surface area contributed by atoms with Crippen LogP contribution in [0.4, 0.5) is 0 Å². The van der Waals surface area contributed by atoms with Gasteiger partial charge in [-0.05, 0) is 37.2 Å². The molecule has 3 rings (SSSR count). The molecule has 4 unspecified atom stereocenters. The van der Waals surface area contributed by atoms with Gasteiger partial charge in [0.1, 0.15) is 30.1 Å². The molecule has 0 spiro atoms. The Labute approximate surface area is 294 Å². The lowest BCUT2D eigenvalue weighted by atomic mass is 9.85. The minimum atomic E-state index is -0.671. The molecule has 4 atom stereocenters. The zero-order chi connectivity index (χ0) is 37.0. The molecule has 2 bridgehead atoms. The molecule has 270 valence electrons. The van der Waals surface area contributed by atoms with E-state index in [2.05, 4.69) is 16.0 Å². The maximum atomic E-state index is 12.8. The Morgan fingerprint density at radius 1 is 0.700 bits per heavy atom. The van der Waals surface area contributed by atoms with Crippen molar-refractivity contribution in [3.63, 3.8) is 0 Å². The smallest absolute Gasteiger partial charge is 0.240 e. The summed E-state index contributed by atoms with van der Waals surface area (Å²) in [5.74, 6) is -4.15. The summed E-state index contributed by atoms with van der Waals surface area (Å²) in [5, 5.41) is 8.20. The van der Waals surface area contributed by atoms with Gasteiger partial charge in [0.05, 0.1) is 38.0 Å². The van der Waals surface area contributed by atoms with Crippen molar-refractivity contribution in [2.75, 3.05) is 72.0 Å². The van der Waals surface area contributed by atoms with E-state index in [0.717, 1.165) is 11.3 Å². The minimum Gasteiger partial charge on any atom is -0.368 e. The Morgan fingerprint density at radius 3 is 1.66 bits per heavy atom. The van der Waals surface area contributed by atoms with Crippen molar-refractivity contribution in [3.05, 3.63) is 12.2 Å². The lowest BCUT2D eigenvalue weighted by molar-refractivity contribution is -0.144. The van der Waals surface area contributed by atoms with Crippen molar-refractivity contribution in [2.45, 2.75) is 25.4 Å². The van der Waals surface area contributed by atoms with Crippen LogP contribution in [0.2, 0.25) is 19.0 Å². The number of nitrogens with zero attached hydrogens (tertiary/aromatic N) is 4. The van der Waals surface area contributed by atoms with Crippen LogP contribution < -0.4 is 21.7 Å². The molecule has 2 aliphatic carbocycles. The molecule has 1 saturated heterocycles. The Bertz CT molecular complexity index is 1350. The highest BCUT2D eigenvalue weighted by Crippen LogP contribution is 2.52.